The predicted octanol–water partition coefficient (Wildman–Crippen LogP) is -0.227. The van der Waals surface area contributed by atoms with Crippen molar-refractivity contribution in [2.75, 3.05) is 14.2 Å². The molecule has 0 saturated carbocycles. The molecular weight excluding hydrogens is 232 g/mol. The van der Waals surface area contributed by atoms with Crippen molar-refractivity contribution < 1.29 is 33.8 Å². The van der Waals surface area contributed by atoms with E-state index in [1.165, 1.54) is 0 Å². The van der Waals surface area contributed by atoms with E-state index in [0.29, 0.717) is 6.29 Å². The SMILES string of the molecule is COC(=O)C(CCC=O)(CC(=O)O)C(=O)OC. The summed E-state index contributed by atoms with van der Waals surface area (Å²) in [5, 5.41) is 8.73. The molecule has 0 atom stereocenters. The molecule has 7 nitrogen and oxygen atoms in total. The topological polar surface area (TPSA) is 107 Å². The molecule has 0 aromatic heterocycles. The van der Waals surface area contributed by atoms with E-state index in [0.717, 1.165) is 14.2 Å². The number of carbonyl (C=O) groups excluding carboxylic acids is 3. The zero-order chi connectivity index (χ0) is 13.5. The van der Waals surface area contributed by atoms with Gasteiger partial charge in [-0.15, -0.1) is 0 Å². The molecule has 0 radical (unpaired) electrons. The van der Waals surface area contributed by atoms with Crippen LogP contribution in [-0.4, -0.2) is 43.5 Å². The Morgan fingerprint density at radius 3 is 1.94 bits per heavy atom. The molecule has 0 heterocycles. The largest absolute Gasteiger partial charge is 0.481 e. The summed E-state index contributed by atoms with van der Waals surface area (Å²) in [6.07, 6.45) is -0.692. The maximum atomic E-state index is 11.6. The quantitative estimate of drug-likeness (QED) is 0.375. The van der Waals surface area contributed by atoms with Crippen LogP contribution in [0.25, 0.3) is 0 Å². The monoisotopic (exact) mass is 246 g/mol. The third-order valence-electron chi connectivity index (χ3n) is 2.29. The summed E-state index contributed by atoms with van der Waals surface area (Å²) in [6, 6.07) is 0. The van der Waals surface area contributed by atoms with Crippen LogP contribution in [0, 0.1) is 5.41 Å². The Kier molecular flexibility index (Phi) is 5.87. The lowest BCUT2D eigenvalue weighted by molar-refractivity contribution is -0.174. The van der Waals surface area contributed by atoms with Crippen LogP contribution in [0.3, 0.4) is 0 Å². The zero-order valence-electron chi connectivity index (χ0n) is 9.60. The first-order chi connectivity index (χ1) is 7.94. The minimum absolute atomic E-state index is 0.141. The maximum Gasteiger partial charge on any atom is 0.323 e. The van der Waals surface area contributed by atoms with Crippen LogP contribution in [0.2, 0.25) is 0 Å². The molecule has 0 bridgehead atoms. The van der Waals surface area contributed by atoms with Crippen molar-refractivity contribution in [1.82, 2.24) is 0 Å². The first kappa shape index (κ1) is 15.1. The molecule has 0 aliphatic heterocycles. The fraction of sp³-hybridized carbons (Fsp3) is 0.600. The Labute approximate surface area is 97.7 Å². The van der Waals surface area contributed by atoms with E-state index in [1.54, 1.807) is 0 Å². The van der Waals surface area contributed by atoms with E-state index >= 15 is 0 Å². The molecule has 0 saturated heterocycles. The van der Waals surface area contributed by atoms with E-state index in [2.05, 4.69) is 9.47 Å². The number of esters is 2. The van der Waals surface area contributed by atoms with Gasteiger partial charge in [-0.1, -0.05) is 0 Å². The molecule has 0 rings (SSSR count). The van der Waals surface area contributed by atoms with Crippen LogP contribution in [-0.2, 0) is 28.7 Å². The van der Waals surface area contributed by atoms with Gasteiger partial charge in [-0.2, -0.15) is 0 Å². The van der Waals surface area contributed by atoms with Crippen molar-refractivity contribution in [2.24, 2.45) is 5.41 Å². The van der Waals surface area contributed by atoms with E-state index in [-0.39, 0.29) is 12.8 Å². The highest BCUT2D eigenvalue weighted by Gasteiger charge is 2.49. The van der Waals surface area contributed by atoms with Crippen LogP contribution in [0.4, 0.5) is 0 Å². The van der Waals surface area contributed by atoms with Gasteiger partial charge in [0.1, 0.15) is 6.29 Å². The predicted molar refractivity (Wildman–Crippen MR) is 54.0 cm³/mol. The molecule has 0 aromatic rings. The van der Waals surface area contributed by atoms with Crippen LogP contribution in [0.5, 0.6) is 0 Å². The van der Waals surface area contributed by atoms with Crippen LogP contribution in [0.15, 0.2) is 0 Å². The second kappa shape index (κ2) is 6.62. The van der Waals surface area contributed by atoms with Gasteiger partial charge in [0.2, 0.25) is 0 Å². The van der Waals surface area contributed by atoms with Gasteiger partial charge in [-0.25, -0.2) is 0 Å². The third kappa shape index (κ3) is 3.54. The van der Waals surface area contributed by atoms with Crippen LogP contribution < -0.4 is 0 Å². The van der Waals surface area contributed by atoms with Gasteiger partial charge in [0.05, 0.1) is 20.6 Å². The molecule has 0 aromatic carbocycles. The summed E-state index contributed by atoms with van der Waals surface area (Å²) in [4.78, 5) is 44.2. The smallest absolute Gasteiger partial charge is 0.323 e. The molecule has 96 valence electrons. The fourth-order valence-electron chi connectivity index (χ4n) is 1.47. The molecular formula is C10H14O7. The van der Waals surface area contributed by atoms with Crippen molar-refractivity contribution in [3.63, 3.8) is 0 Å². The lowest BCUT2D eigenvalue weighted by Crippen LogP contribution is -2.43. The van der Waals surface area contributed by atoms with E-state index in [9.17, 15) is 19.2 Å². The average molecular weight is 246 g/mol. The number of rotatable bonds is 7. The van der Waals surface area contributed by atoms with E-state index < -0.39 is 29.7 Å². The van der Waals surface area contributed by atoms with Crippen molar-refractivity contribution in [3.05, 3.63) is 0 Å². The number of carboxylic acids is 1. The molecule has 0 spiro atoms. The minimum atomic E-state index is -1.96. The highest BCUT2D eigenvalue weighted by Crippen LogP contribution is 2.31. The highest BCUT2D eigenvalue weighted by molar-refractivity contribution is 6.02. The van der Waals surface area contributed by atoms with Crippen LogP contribution in [0.1, 0.15) is 19.3 Å². The molecule has 0 fully saturated rings. The Morgan fingerprint density at radius 2 is 1.65 bits per heavy atom. The van der Waals surface area contributed by atoms with Crippen molar-refractivity contribution in [1.29, 1.82) is 0 Å². The summed E-state index contributed by atoms with van der Waals surface area (Å²) in [5.41, 5.74) is -1.96. The zero-order valence-corrected chi connectivity index (χ0v) is 9.60. The number of aliphatic carboxylic acids is 1. The third-order valence-corrected chi connectivity index (χ3v) is 2.29. The van der Waals surface area contributed by atoms with E-state index in [4.69, 9.17) is 5.11 Å². The molecule has 0 unspecified atom stereocenters. The summed E-state index contributed by atoms with van der Waals surface area (Å²) in [6.45, 7) is 0. The van der Waals surface area contributed by atoms with Gasteiger partial charge in [-0.05, 0) is 6.42 Å². The van der Waals surface area contributed by atoms with Gasteiger partial charge in [-0.3, -0.25) is 14.4 Å². The summed E-state index contributed by atoms with van der Waals surface area (Å²) in [7, 11) is 2.06. The average Bonchev–Trinajstić information content (AvgIpc) is 2.31. The molecule has 0 amide bonds. The maximum absolute atomic E-state index is 11.6. The van der Waals surface area contributed by atoms with Crippen molar-refractivity contribution >= 4 is 24.2 Å². The molecule has 0 aliphatic rings. The summed E-state index contributed by atoms with van der Waals surface area (Å²) >= 11 is 0. The first-order valence-electron chi connectivity index (χ1n) is 4.77. The number of methoxy groups -OCH3 is 2. The van der Waals surface area contributed by atoms with Gasteiger partial charge in [0.25, 0.3) is 0 Å². The first-order valence-corrected chi connectivity index (χ1v) is 4.77. The molecule has 17 heavy (non-hydrogen) atoms. The minimum Gasteiger partial charge on any atom is -0.481 e. The Balaban J connectivity index is 5.33. The van der Waals surface area contributed by atoms with Gasteiger partial charge in [0.15, 0.2) is 5.41 Å². The lowest BCUT2D eigenvalue weighted by atomic mass is 9.80. The second-order valence-corrected chi connectivity index (χ2v) is 3.34. The van der Waals surface area contributed by atoms with E-state index in [1.807, 2.05) is 0 Å². The molecule has 0 aliphatic carbocycles. The number of hydrogen-bond donors (Lipinski definition) is 1. The number of ether oxygens (including phenoxy) is 2. The number of hydrogen-bond acceptors (Lipinski definition) is 6. The Hall–Kier alpha value is -1.92. The summed E-state index contributed by atoms with van der Waals surface area (Å²) < 4.78 is 8.84. The standard InChI is InChI=1S/C10H14O7/c1-16-8(14)10(4-3-5-11,6-7(12)13)9(15)17-2/h5H,3-4,6H2,1-2H3,(H,12,13). The van der Waals surface area contributed by atoms with Crippen molar-refractivity contribution in [3.8, 4) is 0 Å². The van der Waals surface area contributed by atoms with Gasteiger partial charge < -0.3 is 19.4 Å². The Bertz CT molecular complexity index is 305. The number of carbonyl (C=O) groups is 4. The Morgan fingerprint density at radius 1 is 1.18 bits per heavy atom. The number of carboxylic acid groups (broad SMARTS) is 1. The number of aldehydes is 1. The molecule has 7 heteroatoms. The fourth-order valence-corrected chi connectivity index (χ4v) is 1.47. The van der Waals surface area contributed by atoms with Gasteiger partial charge in [0, 0.05) is 6.42 Å². The summed E-state index contributed by atoms with van der Waals surface area (Å²) in [5.74, 6) is -3.39. The normalized spacial score (nSPS) is 10.5. The van der Waals surface area contributed by atoms with Crippen molar-refractivity contribution in [2.45, 2.75) is 19.3 Å². The van der Waals surface area contributed by atoms with Gasteiger partial charge >= 0.3 is 17.9 Å². The molecule has 1 N–H and O–H groups in total. The van der Waals surface area contributed by atoms with Crippen LogP contribution >= 0.6 is 0 Å². The lowest BCUT2D eigenvalue weighted by Gasteiger charge is -2.25. The highest BCUT2D eigenvalue weighted by atomic mass is 16.5. The second-order valence-electron chi connectivity index (χ2n) is 3.34.